The summed E-state index contributed by atoms with van der Waals surface area (Å²) in [5.74, 6) is -0.620. The SMILES string of the molecule is CCC(O)C(C)C=CC=CC(O)CC1C=CC2CC(C)CC(C)C2C1(C)C(O)=C1C(=O)NC(OC)C1=O. The van der Waals surface area contributed by atoms with E-state index in [-0.39, 0.29) is 40.9 Å². The molecule has 0 aromatic heterocycles. The van der Waals surface area contributed by atoms with Gasteiger partial charge < -0.3 is 25.4 Å². The van der Waals surface area contributed by atoms with E-state index < -0.39 is 35.5 Å². The van der Waals surface area contributed by atoms with Crippen LogP contribution in [0.4, 0.5) is 0 Å². The molecule has 7 nitrogen and oxygen atoms in total. The van der Waals surface area contributed by atoms with Crippen LogP contribution in [-0.4, -0.2) is 52.6 Å². The van der Waals surface area contributed by atoms with Gasteiger partial charge in [0.1, 0.15) is 11.3 Å². The Morgan fingerprint density at radius 1 is 1.19 bits per heavy atom. The van der Waals surface area contributed by atoms with Crippen LogP contribution >= 0.6 is 0 Å². The number of aliphatic hydroxyl groups is 3. The Morgan fingerprint density at radius 3 is 2.49 bits per heavy atom. The molecule has 0 radical (unpaired) electrons. The van der Waals surface area contributed by atoms with Gasteiger partial charge in [-0.3, -0.25) is 9.59 Å². The Hall–Kier alpha value is -2.22. The molecular weight excluding hydrogens is 470 g/mol. The molecule has 0 bridgehead atoms. The second-order valence-corrected chi connectivity index (χ2v) is 11.6. The predicted octanol–water partition coefficient (Wildman–Crippen LogP) is 4.23. The standard InChI is InChI=1S/C30H45NO6/c1-7-23(33)18(3)10-8-9-11-22(32)16-21-13-12-20-15-17(2)14-19(4)25(20)30(21,5)27(35)24-26(34)29(37-6)31-28(24)36/h8-13,17-23,25,29,32-33,35H,7,14-16H2,1-6H3,(H,31,36). The molecule has 3 rings (SSSR count). The number of amides is 1. The first-order valence-corrected chi connectivity index (χ1v) is 13.7. The molecule has 37 heavy (non-hydrogen) atoms. The number of methoxy groups -OCH3 is 1. The molecule has 2 aliphatic carbocycles. The van der Waals surface area contributed by atoms with Gasteiger partial charge >= 0.3 is 0 Å². The van der Waals surface area contributed by atoms with E-state index in [1.807, 2.05) is 32.9 Å². The summed E-state index contributed by atoms with van der Waals surface area (Å²) in [6.45, 7) is 10.2. The molecule has 3 aliphatic rings. The van der Waals surface area contributed by atoms with Gasteiger partial charge in [0.25, 0.3) is 5.91 Å². The lowest BCUT2D eigenvalue weighted by Gasteiger charge is -2.54. The number of ether oxygens (including phenoxy) is 1. The molecule has 1 saturated heterocycles. The molecule has 2 fully saturated rings. The molecule has 4 N–H and O–H groups in total. The summed E-state index contributed by atoms with van der Waals surface area (Å²) in [5, 5.41) is 35.1. The third-order valence-electron chi connectivity index (χ3n) is 8.91. The van der Waals surface area contributed by atoms with Crippen LogP contribution in [0, 0.1) is 40.9 Å². The minimum Gasteiger partial charge on any atom is -0.511 e. The molecule has 1 heterocycles. The maximum absolute atomic E-state index is 13.0. The zero-order valence-corrected chi connectivity index (χ0v) is 23.1. The fourth-order valence-electron chi connectivity index (χ4n) is 6.96. The van der Waals surface area contributed by atoms with Crippen molar-refractivity contribution in [2.75, 3.05) is 7.11 Å². The highest BCUT2D eigenvalue weighted by molar-refractivity contribution is 6.26. The molecule has 10 atom stereocenters. The largest absolute Gasteiger partial charge is 0.511 e. The summed E-state index contributed by atoms with van der Waals surface area (Å²) in [5.41, 5.74) is -1.13. The van der Waals surface area contributed by atoms with Crippen LogP contribution < -0.4 is 5.32 Å². The van der Waals surface area contributed by atoms with Gasteiger partial charge in [-0.2, -0.15) is 0 Å². The van der Waals surface area contributed by atoms with E-state index in [0.29, 0.717) is 18.8 Å². The molecule has 1 aliphatic heterocycles. The van der Waals surface area contributed by atoms with Crippen molar-refractivity contribution in [1.29, 1.82) is 0 Å². The molecule has 1 amide bonds. The highest BCUT2D eigenvalue weighted by atomic mass is 16.5. The zero-order chi connectivity index (χ0) is 27.5. The first-order chi connectivity index (χ1) is 17.4. The third-order valence-corrected chi connectivity index (χ3v) is 8.91. The zero-order valence-electron chi connectivity index (χ0n) is 23.1. The number of allylic oxidation sites excluding steroid dienone is 5. The lowest BCUT2D eigenvalue weighted by atomic mass is 9.50. The lowest BCUT2D eigenvalue weighted by Crippen LogP contribution is -2.49. The molecule has 0 spiro atoms. The number of Topliss-reactive ketones (excluding diaryl/α,β-unsaturated/α-hetero) is 1. The minimum absolute atomic E-state index is 0.0121. The van der Waals surface area contributed by atoms with Crippen molar-refractivity contribution in [3.8, 4) is 0 Å². The van der Waals surface area contributed by atoms with Crippen LogP contribution in [0.25, 0.3) is 0 Å². The summed E-state index contributed by atoms with van der Waals surface area (Å²) in [6, 6.07) is 0. The number of carbonyl (C=O) groups excluding carboxylic acids is 2. The fourth-order valence-corrected chi connectivity index (χ4v) is 6.96. The van der Waals surface area contributed by atoms with E-state index in [1.165, 1.54) is 7.11 Å². The minimum atomic E-state index is -1.10. The number of aliphatic hydroxyl groups excluding tert-OH is 3. The number of nitrogens with one attached hydrogen (secondary N) is 1. The number of carbonyl (C=O) groups is 2. The van der Waals surface area contributed by atoms with E-state index >= 15 is 0 Å². The van der Waals surface area contributed by atoms with E-state index in [9.17, 15) is 24.9 Å². The summed E-state index contributed by atoms with van der Waals surface area (Å²) >= 11 is 0. The summed E-state index contributed by atoms with van der Waals surface area (Å²) in [6.07, 6.45) is 12.2. The average Bonchev–Trinajstić information content (AvgIpc) is 3.14. The van der Waals surface area contributed by atoms with Crippen LogP contribution in [0.15, 0.2) is 47.8 Å². The molecule has 0 aromatic carbocycles. The highest BCUT2D eigenvalue weighted by Crippen LogP contribution is 2.58. The van der Waals surface area contributed by atoms with Crippen molar-refractivity contribution >= 4 is 11.7 Å². The van der Waals surface area contributed by atoms with Gasteiger partial charge in [-0.25, -0.2) is 0 Å². The first-order valence-electron chi connectivity index (χ1n) is 13.7. The normalized spacial score (nSPS) is 38.1. The van der Waals surface area contributed by atoms with Gasteiger partial charge in [0.05, 0.1) is 12.2 Å². The number of ketones is 1. The predicted molar refractivity (Wildman–Crippen MR) is 143 cm³/mol. The van der Waals surface area contributed by atoms with Crippen LogP contribution in [0.1, 0.15) is 60.3 Å². The summed E-state index contributed by atoms with van der Waals surface area (Å²) in [4.78, 5) is 25.7. The van der Waals surface area contributed by atoms with E-state index in [0.717, 1.165) is 12.8 Å². The second kappa shape index (κ2) is 12.1. The van der Waals surface area contributed by atoms with Crippen molar-refractivity contribution in [3.63, 3.8) is 0 Å². The number of hydrogen-bond donors (Lipinski definition) is 4. The molecule has 10 unspecified atom stereocenters. The fraction of sp³-hybridized carbons (Fsp3) is 0.667. The lowest BCUT2D eigenvalue weighted by molar-refractivity contribution is -0.124. The van der Waals surface area contributed by atoms with Crippen LogP contribution in [-0.2, 0) is 14.3 Å². The van der Waals surface area contributed by atoms with Gasteiger partial charge in [-0.05, 0) is 55.3 Å². The molecule has 0 aromatic rings. The monoisotopic (exact) mass is 515 g/mol. The molecular formula is C30H45NO6. The third kappa shape index (κ3) is 5.94. The van der Waals surface area contributed by atoms with Crippen LogP contribution in [0.5, 0.6) is 0 Å². The summed E-state index contributed by atoms with van der Waals surface area (Å²) < 4.78 is 5.11. The average molecular weight is 516 g/mol. The Bertz CT molecular complexity index is 967. The van der Waals surface area contributed by atoms with Gasteiger partial charge in [0.15, 0.2) is 6.23 Å². The van der Waals surface area contributed by atoms with E-state index in [2.05, 4.69) is 31.3 Å². The van der Waals surface area contributed by atoms with E-state index in [4.69, 9.17) is 4.74 Å². The van der Waals surface area contributed by atoms with Crippen molar-refractivity contribution in [1.82, 2.24) is 5.32 Å². The maximum atomic E-state index is 13.0. The smallest absolute Gasteiger partial charge is 0.260 e. The summed E-state index contributed by atoms with van der Waals surface area (Å²) in [7, 11) is 1.35. The number of fused-ring (bicyclic) bond motifs is 1. The first kappa shape index (κ1) is 29.3. The number of rotatable bonds is 9. The van der Waals surface area contributed by atoms with Crippen LogP contribution in [0.2, 0.25) is 0 Å². The van der Waals surface area contributed by atoms with Gasteiger partial charge in [0, 0.05) is 18.4 Å². The molecule has 7 heteroatoms. The Labute approximate surface area is 221 Å². The Balaban J connectivity index is 1.94. The quantitative estimate of drug-likeness (QED) is 0.120. The van der Waals surface area contributed by atoms with Crippen molar-refractivity contribution in [2.24, 2.45) is 40.9 Å². The van der Waals surface area contributed by atoms with E-state index in [1.54, 1.807) is 12.2 Å². The van der Waals surface area contributed by atoms with Crippen molar-refractivity contribution < 1.29 is 29.6 Å². The maximum Gasteiger partial charge on any atom is 0.260 e. The van der Waals surface area contributed by atoms with Crippen molar-refractivity contribution in [2.45, 2.75) is 78.7 Å². The van der Waals surface area contributed by atoms with Crippen LogP contribution in [0.3, 0.4) is 0 Å². The Morgan fingerprint density at radius 2 is 1.86 bits per heavy atom. The number of hydrogen-bond acceptors (Lipinski definition) is 6. The Kier molecular flexibility index (Phi) is 9.59. The van der Waals surface area contributed by atoms with Gasteiger partial charge in [0.2, 0.25) is 5.78 Å². The van der Waals surface area contributed by atoms with Gasteiger partial charge in [-0.1, -0.05) is 71.1 Å². The topological polar surface area (TPSA) is 116 Å². The molecule has 206 valence electrons. The molecule has 1 saturated carbocycles. The van der Waals surface area contributed by atoms with Gasteiger partial charge in [-0.15, -0.1) is 0 Å². The van der Waals surface area contributed by atoms with Crippen molar-refractivity contribution in [3.05, 3.63) is 47.8 Å². The highest BCUT2D eigenvalue weighted by Gasteiger charge is 2.55. The second-order valence-electron chi connectivity index (χ2n) is 11.6.